The first kappa shape index (κ1) is 15.4. The minimum absolute atomic E-state index is 0.128. The fraction of sp³-hybridized carbons (Fsp3) is 0.273. The van der Waals surface area contributed by atoms with Gasteiger partial charge in [-0.1, -0.05) is 55.7 Å². The number of hydrogen-bond acceptors (Lipinski definition) is 2. The van der Waals surface area contributed by atoms with Crippen LogP contribution in [0.15, 0.2) is 60.8 Å². The third-order valence-electron chi connectivity index (χ3n) is 5.57. The van der Waals surface area contributed by atoms with E-state index in [2.05, 4.69) is 11.2 Å². The molecule has 2 heterocycles. The zero-order valence-electron chi connectivity index (χ0n) is 14.6. The van der Waals surface area contributed by atoms with Gasteiger partial charge in [0.05, 0.1) is 22.9 Å². The third-order valence-corrected chi connectivity index (χ3v) is 5.57. The molecule has 1 saturated carbocycles. The maximum atomic E-state index is 13.4. The van der Waals surface area contributed by atoms with Gasteiger partial charge in [0.25, 0.3) is 0 Å². The molecule has 26 heavy (non-hydrogen) atoms. The summed E-state index contributed by atoms with van der Waals surface area (Å²) in [6.07, 6.45) is 7.39. The first-order chi connectivity index (χ1) is 12.8. The molecule has 0 spiro atoms. The quantitative estimate of drug-likeness (QED) is 0.502. The Morgan fingerprint density at radius 3 is 2.42 bits per heavy atom. The first-order valence-corrected chi connectivity index (χ1v) is 9.41. The van der Waals surface area contributed by atoms with Crippen LogP contribution in [-0.2, 0) is 0 Å². The lowest BCUT2D eigenvalue weighted by molar-refractivity contribution is 0.0812. The molecule has 0 atom stereocenters. The summed E-state index contributed by atoms with van der Waals surface area (Å²) in [5.41, 5.74) is 3.91. The van der Waals surface area contributed by atoms with Crippen molar-refractivity contribution in [2.24, 2.45) is 5.92 Å². The standard InChI is InChI=1S/C22H21N3O/c26-22(16-9-3-1-4-10-16)24-19-14-8-7-13-18(19)21-20(24)15-23-25(21)17-11-5-2-6-12-17/h2,5-8,11-16H,1,3-4,9-10H2. The Morgan fingerprint density at radius 2 is 1.62 bits per heavy atom. The number of aromatic nitrogens is 3. The van der Waals surface area contributed by atoms with Crippen molar-refractivity contribution >= 4 is 27.8 Å². The largest absolute Gasteiger partial charge is 0.276 e. The van der Waals surface area contributed by atoms with Crippen LogP contribution in [0.2, 0.25) is 0 Å². The van der Waals surface area contributed by atoms with E-state index in [1.165, 1.54) is 6.42 Å². The summed E-state index contributed by atoms with van der Waals surface area (Å²) < 4.78 is 3.86. The second-order valence-electron chi connectivity index (χ2n) is 7.15. The van der Waals surface area contributed by atoms with Gasteiger partial charge in [0.15, 0.2) is 0 Å². The van der Waals surface area contributed by atoms with Crippen molar-refractivity contribution in [1.82, 2.24) is 14.3 Å². The van der Waals surface area contributed by atoms with Gasteiger partial charge >= 0.3 is 0 Å². The molecular formula is C22H21N3O. The average molecular weight is 343 g/mol. The molecule has 0 N–H and O–H groups in total. The molecule has 1 fully saturated rings. The molecule has 5 rings (SSSR count). The molecule has 0 radical (unpaired) electrons. The van der Waals surface area contributed by atoms with Gasteiger partial charge < -0.3 is 0 Å². The van der Waals surface area contributed by atoms with E-state index in [1.807, 2.05) is 64.0 Å². The number of benzene rings is 2. The van der Waals surface area contributed by atoms with Crippen molar-refractivity contribution in [1.29, 1.82) is 0 Å². The Balaban J connectivity index is 1.75. The van der Waals surface area contributed by atoms with Crippen molar-refractivity contribution < 1.29 is 4.79 Å². The highest BCUT2D eigenvalue weighted by atomic mass is 16.2. The van der Waals surface area contributed by atoms with E-state index in [9.17, 15) is 4.79 Å². The van der Waals surface area contributed by atoms with Crippen LogP contribution in [0, 0.1) is 5.92 Å². The van der Waals surface area contributed by atoms with Crippen LogP contribution in [-0.4, -0.2) is 20.3 Å². The monoisotopic (exact) mass is 343 g/mol. The van der Waals surface area contributed by atoms with E-state index in [-0.39, 0.29) is 11.8 Å². The molecule has 2 aromatic heterocycles. The topological polar surface area (TPSA) is 39.8 Å². The zero-order valence-corrected chi connectivity index (χ0v) is 14.6. The number of carbonyl (C=O) groups is 1. The highest BCUT2D eigenvalue weighted by Crippen LogP contribution is 2.33. The van der Waals surface area contributed by atoms with Gasteiger partial charge in [0.2, 0.25) is 5.91 Å². The number of fused-ring (bicyclic) bond motifs is 3. The van der Waals surface area contributed by atoms with Crippen LogP contribution < -0.4 is 0 Å². The number of rotatable bonds is 2. The summed E-state index contributed by atoms with van der Waals surface area (Å²) in [4.78, 5) is 13.4. The number of nitrogens with zero attached hydrogens (tertiary/aromatic N) is 3. The van der Waals surface area contributed by atoms with E-state index < -0.39 is 0 Å². The fourth-order valence-electron chi connectivity index (χ4n) is 4.29. The van der Waals surface area contributed by atoms with Crippen molar-refractivity contribution in [3.8, 4) is 5.69 Å². The lowest BCUT2D eigenvalue weighted by atomic mass is 9.88. The second kappa shape index (κ2) is 6.13. The third kappa shape index (κ3) is 2.29. The Bertz CT molecular complexity index is 1080. The fourth-order valence-corrected chi connectivity index (χ4v) is 4.29. The minimum Gasteiger partial charge on any atom is -0.276 e. The molecule has 4 aromatic rings. The Hall–Kier alpha value is -2.88. The molecule has 1 aliphatic carbocycles. The van der Waals surface area contributed by atoms with E-state index in [0.29, 0.717) is 0 Å². The molecule has 130 valence electrons. The van der Waals surface area contributed by atoms with E-state index in [0.717, 1.165) is 53.3 Å². The van der Waals surface area contributed by atoms with Gasteiger partial charge in [0, 0.05) is 11.3 Å². The lowest BCUT2D eigenvalue weighted by Gasteiger charge is -2.21. The predicted molar refractivity (Wildman–Crippen MR) is 104 cm³/mol. The maximum absolute atomic E-state index is 13.4. The molecule has 1 aliphatic rings. The van der Waals surface area contributed by atoms with Crippen LogP contribution in [0.25, 0.3) is 27.6 Å². The van der Waals surface area contributed by atoms with Crippen LogP contribution in [0.3, 0.4) is 0 Å². The number of carbonyl (C=O) groups excluding carboxylic acids is 1. The molecule has 0 amide bonds. The molecule has 0 bridgehead atoms. The van der Waals surface area contributed by atoms with E-state index >= 15 is 0 Å². The summed E-state index contributed by atoms with van der Waals surface area (Å²) in [6, 6.07) is 18.3. The first-order valence-electron chi connectivity index (χ1n) is 9.41. The second-order valence-corrected chi connectivity index (χ2v) is 7.15. The van der Waals surface area contributed by atoms with Gasteiger partial charge in [-0.15, -0.1) is 0 Å². The van der Waals surface area contributed by atoms with Gasteiger partial charge in [-0.05, 0) is 31.0 Å². The molecule has 4 nitrogen and oxygen atoms in total. The molecule has 2 aromatic carbocycles. The molecule has 0 saturated heterocycles. The highest BCUT2D eigenvalue weighted by Gasteiger charge is 2.27. The number of hydrogen-bond donors (Lipinski definition) is 0. The summed E-state index contributed by atoms with van der Waals surface area (Å²) in [6.45, 7) is 0. The van der Waals surface area contributed by atoms with Crippen LogP contribution in [0.1, 0.15) is 36.9 Å². The molecule has 0 aliphatic heterocycles. The molecule has 4 heteroatoms. The maximum Gasteiger partial charge on any atom is 0.234 e. The average Bonchev–Trinajstić information content (AvgIpc) is 3.27. The molecule has 0 unspecified atom stereocenters. The van der Waals surface area contributed by atoms with Crippen LogP contribution in [0.5, 0.6) is 0 Å². The van der Waals surface area contributed by atoms with Gasteiger partial charge in [-0.2, -0.15) is 5.10 Å². The van der Waals surface area contributed by atoms with Crippen molar-refractivity contribution in [3.63, 3.8) is 0 Å². The number of para-hydroxylation sites is 2. The molecular weight excluding hydrogens is 322 g/mol. The summed E-state index contributed by atoms with van der Waals surface area (Å²) in [7, 11) is 0. The van der Waals surface area contributed by atoms with Crippen molar-refractivity contribution in [2.75, 3.05) is 0 Å². The van der Waals surface area contributed by atoms with Crippen LogP contribution in [0.4, 0.5) is 0 Å². The van der Waals surface area contributed by atoms with Crippen LogP contribution >= 0.6 is 0 Å². The SMILES string of the molecule is O=C(C1CCCCC1)n1c2ccccc2c2c1cnn2-c1ccccc1. The normalized spacial score (nSPS) is 15.7. The summed E-state index contributed by atoms with van der Waals surface area (Å²) in [5.74, 6) is 0.353. The van der Waals surface area contributed by atoms with Crippen molar-refractivity contribution in [3.05, 3.63) is 60.8 Å². The lowest BCUT2D eigenvalue weighted by Crippen LogP contribution is -2.23. The zero-order chi connectivity index (χ0) is 17.5. The van der Waals surface area contributed by atoms with E-state index in [1.54, 1.807) is 0 Å². The predicted octanol–water partition coefficient (Wildman–Crippen LogP) is 5.20. The smallest absolute Gasteiger partial charge is 0.234 e. The Morgan fingerprint density at radius 1 is 0.885 bits per heavy atom. The van der Waals surface area contributed by atoms with Gasteiger partial charge in [-0.25, -0.2) is 4.68 Å². The highest BCUT2D eigenvalue weighted by molar-refractivity contribution is 6.12. The Kier molecular flexibility index (Phi) is 3.63. The van der Waals surface area contributed by atoms with E-state index in [4.69, 9.17) is 0 Å². The van der Waals surface area contributed by atoms with Crippen molar-refractivity contribution in [2.45, 2.75) is 32.1 Å². The summed E-state index contributed by atoms with van der Waals surface area (Å²) in [5, 5.41) is 5.68. The minimum atomic E-state index is 0.128. The summed E-state index contributed by atoms with van der Waals surface area (Å²) >= 11 is 0. The van der Waals surface area contributed by atoms with Gasteiger partial charge in [-0.3, -0.25) is 9.36 Å². The van der Waals surface area contributed by atoms with Gasteiger partial charge in [0.1, 0.15) is 5.52 Å². The Labute approximate surface area is 152 Å².